The lowest BCUT2D eigenvalue weighted by atomic mass is 9.58. The van der Waals surface area contributed by atoms with Crippen LogP contribution in [0.2, 0.25) is 0 Å². The van der Waals surface area contributed by atoms with Gasteiger partial charge in [0.25, 0.3) is 0 Å². The van der Waals surface area contributed by atoms with E-state index in [1.807, 2.05) is 0 Å². The fourth-order valence-corrected chi connectivity index (χ4v) is 11.4. The van der Waals surface area contributed by atoms with Gasteiger partial charge in [-0.25, -0.2) is 0 Å². The monoisotopic (exact) mass is 750 g/mol. The number of hydrogen-bond donors (Lipinski definition) is 0. The molecule has 0 aliphatic heterocycles. The zero-order chi connectivity index (χ0) is 43.1. The molecule has 9 aromatic rings. The van der Waals surface area contributed by atoms with Crippen LogP contribution in [0.15, 0.2) is 59.0 Å². The third-order valence-corrected chi connectivity index (χ3v) is 16.1. The highest BCUT2D eigenvalue weighted by molar-refractivity contribution is 6.74. The Kier molecular flexibility index (Phi) is 9.70. The topological polar surface area (TPSA) is 13.1 Å². The molecule has 9 rings (SSSR count). The Hall–Kier alpha value is -4.56. The average Bonchev–Trinajstić information content (AvgIpc) is 3.66. The van der Waals surface area contributed by atoms with Gasteiger partial charge < -0.3 is 4.42 Å². The quantitative estimate of drug-likeness (QED) is 0.130. The SMILES string of the molecule is Bc1c(-c2c3c(B)c(B)c(B)c(B)c3c(-c3ccccc3-c3ccccc3)c3c(B)c(B)c(B)c(B)c23)c(B)c2c(oc3c4c(B)c(B)c(B)c(B)c4c(B)c(B)c32)c1B. The molecule has 60 heavy (non-hydrogen) atoms. The Balaban J connectivity index is 1.59. The van der Waals surface area contributed by atoms with Gasteiger partial charge in [-0.1, -0.05) is 115 Å². The molecule has 18 heteroatoms. The Bertz CT molecular complexity index is 3370. The van der Waals surface area contributed by atoms with Crippen molar-refractivity contribution >= 4 is 281 Å². The van der Waals surface area contributed by atoms with E-state index in [-0.39, 0.29) is 0 Å². The van der Waals surface area contributed by atoms with Crippen LogP contribution in [-0.2, 0) is 0 Å². The lowest BCUT2D eigenvalue weighted by molar-refractivity contribution is 0.676. The first kappa shape index (κ1) is 40.8. The molecule has 1 nitrogen and oxygen atoms in total. The second-order valence-corrected chi connectivity index (χ2v) is 18.4. The highest BCUT2D eigenvalue weighted by atomic mass is 16.3. The molecule has 0 unspecified atom stereocenters. The molecule has 0 fully saturated rings. The predicted molar refractivity (Wildman–Crippen MR) is 322 cm³/mol. The summed E-state index contributed by atoms with van der Waals surface area (Å²) in [6.45, 7) is 0. The number of hydrogen-bond acceptors (Lipinski definition) is 1. The molecule has 0 amide bonds. The third-order valence-electron chi connectivity index (χ3n) is 16.1. The highest BCUT2D eigenvalue weighted by Crippen LogP contribution is 2.43. The molecule has 0 saturated heterocycles. The van der Waals surface area contributed by atoms with Crippen LogP contribution in [-0.4, -0.2) is 133 Å². The normalized spacial score (nSPS) is 11.8. The number of rotatable bonds is 3. The molecule has 0 N–H and O–H groups in total. The lowest BCUT2D eigenvalue weighted by Crippen LogP contribution is -2.50. The van der Waals surface area contributed by atoms with Crippen LogP contribution in [0.5, 0.6) is 0 Å². The molecular formula is C42H43B17O. The summed E-state index contributed by atoms with van der Waals surface area (Å²) in [6.07, 6.45) is 0. The van der Waals surface area contributed by atoms with Crippen molar-refractivity contribution in [3.8, 4) is 33.4 Å². The summed E-state index contributed by atoms with van der Waals surface area (Å²) in [7, 11) is 39.7. The van der Waals surface area contributed by atoms with E-state index < -0.39 is 0 Å². The van der Waals surface area contributed by atoms with Crippen molar-refractivity contribution in [2.45, 2.75) is 0 Å². The van der Waals surface area contributed by atoms with E-state index in [1.165, 1.54) is 169 Å². The van der Waals surface area contributed by atoms with Gasteiger partial charge in [0.2, 0.25) is 0 Å². The Morgan fingerprint density at radius 3 is 1.08 bits per heavy atom. The van der Waals surface area contributed by atoms with E-state index in [0.717, 1.165) is 11.2 Å². The lowest BCUT2D eigenvalue weighted by Gasteiger charge is -2.30. The zero-order valence-electron chi connectivity index (χ0n) is 39.1. The summed E-state index contributed by atoms with van der Waals surface area (Å²) in [5.74, 6) is 0. The number of benzene rings is 8. The summed E-state index contributed by atoms with van der Waals surface area (Å²) in [5, 5.41) is 10.6. The Morgan fingerprint density at radius 1 is 0.233 bits per heavy atom. The van der Waals surface area contributed by atoms with Crippen molar-refractivity contribution in [1.82, 2.24) is 0 Å². The minimum atomic E-state index is 1.02. The molecule has 0 aliphatic carbocycles. The maximum Gasteiger partial charge on any atom is 0.143 e. The van der Waals surface area contributed by atoms with Gasteiger partial charge in [0.1, 0.15) is 145 Å². The van der Waals surface area contributed by atoms with E-state index in [2.05, 4.69) is 188 Å². The van der Waals surface area contributed by atoms with Crippen molar-refractivity contribution in [3.05, 3.63) is 54.6 Å². The molecule has 0 aliphatic rings. The van der Waals surface area contributed by atoms with Crippen LogP contribution in [0.25, 0.3) is 87.6 Å². The predicted octanol–water partition coefficient (Wildman–Crippen LogP) is -17.6. The largest absolute Gasteiger partial charge is 0.456 e. The van der Waals surface area contributed by atoms with Gasteiger partial charge in [-0.15, -0.1) is 32.8 Å². The van der Waals surface area contributed by atoms with E-state index in [9.17, 15) is 0 Å². The maximum absolute atomic E-state index is 7.28. The van der Waals surface area contributed by atoms with Crippen molar-refractivity contribution in [3.63, 3.8) is 0 Å². The van der Waals surface area contributed by atoms with Crippen LogP contribution in [0.1, 0.15) is 0 Å². The highest BCUT2D eigenvalue weighted by Gasteiger charge is 2.30. The van der Waals surface area contributed by atoms with Crippen LogP contribution in [0.4, 0.5) is 0 Å². The molecule has 268 valence electrons. The van der Waals surface area contributed by atoms with Gasteiger partial charge in [0, 0.05) is 16.2 Å². The molecule has 0 atom stereocenters. The van der Waals surface area contributed by atoms with Gasteiger partial charge in [-0.3, -0.25) is 0 Å². The zero-order valence-corrected chi connectivity index (χ0v) is 39.1. The fraction of sp³-hybridized carbons (Fsp3) is 0. The van der Waals surface area contributed by atoms with E-state index >= 15 is 0 Å². The molecule has 1 aromatic heterocycles. The molecule has 0 saturated carbocycles. The molecule has 1 heterocycles. The smallest absolute Gasteiger partial charge is 0.143 e. The summed E-state index contributed by atoms with van der Waals surface area (Å²) in [6, 6.07) is 20.1. The molecular weight excluding hydrogens is 704 g/mol. The Morgan fingerprint density at radius 2 is 0.583 bits per heavy atom. The Labute approximate surface area is 370 Å². The van der Waals surface area contributed by atoms with E-state index in [0.29, 0.717) is 0 Å². The van der Waals surface area contributed by atoms with E-state index in [4.69, 9.17) is 4.42 Å². The first-order valence-electron chi connectivity index (χ1n) is 21.9. The molecule has 0 spiro atoms. The minimum Gasteiger partial charge on any atom is -0.456 e. The first-order valence-corrected chi connectivity index (χ1v) is 21.9. The third kappa shape index (κ3) is 5.31. The van der Waals surface area contributed by atoms with Crippen LogP contribution >= 0.6 is 0 Å². The van der Waals surface area contributed by atoms with Crippen molar-refractivity contribution in [1.29, 1.82) is 0 Å². The molecule has 0 radical (unpaired) electrons. The van der Waals surface area contributed by atoms with E-state index in [1.54, 1.807) is 0 Å². The van der Waals surface area contributed by atoms with Crippen molar-refractivity contribution in [2.24, 2.45) is 0 Å². The van der Waals surface area contributed by atoms with Crippen molar-refractivity contribution < 1.29 is 4.42 Å². The first-order chi connectivity index (χ1) is 28.4. The molecule has 0 bridgehead atoms. The second-order valence-electron chi connectivity index (χ2n) is 18.4. The average molecular weight is 748 g/mol. The van der Waals surface area contributed by atoms with Crippen LogP contribution in [0, 0.1) is 0 Å². The van der Waals surface area contributed by atoms with Crippen LogP contribution in [0.3, 0.4) is 0 Å². The van der Waals surface area contributed by atoms with Gasteiger partial charge >= 0.3 is 0 Å². The standard InChI is InChI=1S/C42H43B17O/c43-24-19(31(50)40(59)42-22(24)23-32(51)29(48)20-21(41(23)60-42)33(52)39(58)38(57)30(20)49)14-17-15(25(44)34(53)36(55)27(17)46)13(16-18(14)28(47)37(56)35(54)26(16)45)12-9-5-4-8-11(12)10-6-2-1-3-7-10/h1-9H,43-59H2. The van der Waals surface area contributed by atoms with Gasteiger partial charge in [-0.05, 0) is 60.3 Å². The summed E-state index contributed by atoms with van der Waals surface area (Å²) in [4.78, 5) is 0. The fourth-order valence-electron chi connectivity index (χ4n) is 11.4. The van der Waals surface area contributed by atoms with Gasteiger partial charge in [-0.2, -0.15) is 0 Å². The maximum atomic E-state index is 7.28. The minimum absolute atomic E-state index is 1.02. The number of fused-ring (bicyclic) bond motifs is 7. The van der Waals surface area contributed by atoms with Crippen molar-refractivity contribution in [2.75, 3.05) is 0 Å². The van der Waals surface area contributed by atoms with Gasteiger partial charge in [0.15, 0.2) is 0 Å². The summed E-state index contributed by atoms with van der Waals surface area (Å²) in [5.41, 5.74) is 32.8. The summed E-state index contributed by atoms with van der Waals surface area (Å²) < 4.78 is 7.28. The summed E-state index contributed by atoms with van der Waals surface area (Å²) >= 11 is 0. The molecule has 8 aromatic carbocycles. The second kappa shape index (κ2) is 14.3. The number of furan rings is 1. The van der Waals surface area contributed by atoms with Crippen LogP contribution < -0.4 is 92.9 Å². The van der Waals surface area contributed by atoms with Gasteiger partial charge in [0.05, 0.1) is 0 Å².